The van der Waals surface area contributed by atoms with Gasteiger partial charge in [-0.25, -0.2) is 0 Å². The topological polar surface area (TPSA) is 0 Å². The van der Waals surface area contributed by atoms with Gasteiger partial charge in [0.05, 0.1) is 0 Å². The van der Waals surface area contributed by atoms with Crippen LogP contribution in [0.15, 0.2) is 10.8 Å². The van der Waals surface area contributed by atoms with Gasteiger partial charge in [-0.05, 0) is 39.1 Å². The molecule has 0 spiro atoms. The van der Waals surface area contributed by atoms with Crippen molar-refractivity contribution in [3.8, 4) is 0 Å². The summed E-state index contributed by atoms with van der Waals surface area (Å²) in [5, 5.41) is 4.65. The first kappa shape index (κ1) is 8.31. The second-order valence-electron chi connectivity index (χ2n) is 5.14. The van der Waals surface area contributed by atoms with Crippen LogP contribution < -0.4 is 0 Å². The third kappa shape index (κ3) is 0.957. The third-order valence-electron chi connectivity index (χ3n) is 3.00. The van der Waals surface area contributed by atoms with Crippen LogP contribution in [0.3, 0.4) is 0 Å². The maximum atomic E-state index is 2.35. The van der Waals surface area contributed by atoms with Gasteiger partial charge in [-0.1, -0.05) is 27.7 Å². The molecule has 1 aliphatic rings. The first-order valence-corrected chi connectivity index (χ1v) is 5.45. The molecule has 1 aliphatic carbocycles. The van der Waals surface area contributed by atoms with E-state index in [2.05, 4.69) is 38.5 Å². The Bertz CT molecular complexity index is 276. The zero-order valence-corrected chi connectivity index (χ0v) is 9.09. The number of hydrogen-bond acceptors (Lipinski definition) is 1. The second-order valence-corrected chi connectivity index (χ2v) is 5.89. The lowest BCUT2D eigenvalue weighted by Gasteiger charge is -2.23. The standard InChI is InChI=1S/C11H16S/c1-10(2)7-11(3,4)9-6-12-5-8(9)10/h5-6H,7H2,1-4H3. The first-order valence-electron chi connectivity index (χ1n) is 4.51. The smallest absolute Gasteiger partial charge is 0.00527 e. The van der Waals surface area contributed by atoms with Gasteiger partial charge in [0.2, 0.25) is 0 Å². The molecule has 0 aromatic carbocycles. The maximum Gasteiger partial charge on any atom is -0.00527 e. The van der Waals surface area contributed by atoms with Crippen molar-refractivity contribution < 1.29 is 0 Å². The van der Waals surface area contributed by atoms with E-state index < -0.39 is 0 Å². The molecule has 0 saturated carbocycles. The van der Waals surface area contributed by atoms with E-state index in [9.17, 15) is 0 Å². The van der Waals surface area contributed by atoms with Crippen LogP contribution in [0, 0.1) is 0 Å². The molecule has 1 heteroatoms. The van der Waals surface area contributed by atoms with Crippen molar-refractivity contribution >= 4 is 11.3 Å². The minimum atomic E-state index is 0.402. The molecule has 66 valence electrons. The highest BCUT2D eigenvalue weighted by molar-refractivity contribution is 7.08. The van der Waals surface area contributed by atoms with Gasteiger partial charge in [0.1, 0.15) is 0 Å². The van der Waals surface area contributed by atoms with Crippen molar-refractivity contribution in [2.45, 2.75) is 44.9 Å². The monoisotopic (exact) mass is 180 g/mol. The van der Waals surface area contributed by atoms with E-state index in [1.807, 2.05) is 11.3 Å². The molecule has 0 atom stereocenters. The van der Waals surface area contributed by atoms with Crippen LogP contribution in [0.1, 0.15) is 45.2 Å². The van der Waals surface area contributed by atoms with E-state index >= 15 is 0 Å². The van der Waals surface area contributed by atoms with Gasteiger partial charge in [0.25, 0.3) is 0 Å². The van der Waals surface area contributed by atoms with Crippen molar-refractivity contribution in [2.75, 3.05) is 0 Å². The quantitative estimate of drug-likeness (QED) is 0.571. The van der Waals surface area contributed by atoms with E-state index in [0.29, 0.717) is 10.8 Å². The highest BCUT2D eigenvalue weighted by Gasteiger charge is 2.42. The van der Waals surface area contributed by atoms with Gasteiger partial charge in [-0.2, -0.15) is 11.3 Å². The average Bonchev–Trinajstić information content (AvgIpc) is 2.34. The third-order valence-corrected chi connectivity index (χ3v) is 3.75. The highest BCUT2D eigenvalue weighted by atomic mass is 32.1. The Hall–Kier alpha value is -0.300. The molecule has 1 heterocycles. The molecule has 1 aromatic heterocycles. The molecule has 0 radical (unpaired) electrons. The summed E-state index contributed by atoms with van der Waals surface area (Å²) < 4.78 is 0. The summed E-state index contributed by atoms with van der Waals surface area (Å²) >= 11 is 1.85. The van der Waals surface area contributed by atoms with Gasteiger partial charge in [0.15, 0.2) is 0 Å². The molecule has 0 saturated heterocycles. The molecular formula is C11H16S. The Labute approximate surface area is 78.6 Å². The van der Waals surface area contributed by atoms with Crippen molar-refractivity contribution in [2.24, 2.45) is 0 Å². The molecule has 0 aliphatic heterocycles. The van der Waals surface area contributed by atoms with Gasteiger partial charge in [-0.3, -0.25) is 0 Å². The van der Waals surface area contributed by atoms with Crippen LogP contribution >= 0.6 is 11.3 Å². The summed E-state index contributed by atoms with van der Waals surface area (Å²) in [5.41, 5.74) is 3.97. The molecular weight excluding hydrogens is 164 g/mol. The Balaban J connectivity index is 2.60. The van der Waals surface area contributed by atoms with Crippen LogP contribution in [-0.2, 0) is 10.8 Å². The Morgan fingerprint density at radius 1 is 1.00 bits per heavy atom. The van der Waals surface area contributed by atoms with Crippen LogP contribution in [0.4, 0.5) is 0 Å². The summed E-state index contributed by atoms with van der Waals surface area (Å²) in [6.45, 7) is 9.42. The van der Waals surface area contributed by atoms with E-state index in [-0.39, 0.29) is 0 Å². The van der Waals surface area contributed by atoms with Crippen LogP contribution in [0.5, 0.6) is 0 Å². The van der Waals surface area contributed by atoms with Crippen molar-refractivity contribution in [1.29, 1.82) is 0 Å². The highest BCUT2D eigenvalue weighted by Crippen LogP contribution is 2.50. The number of thiophene rings is 1. The molecule has 0 unspecified atom stereocenters. The zero-order valence-electron chi connectivity index (χ0n) is 8.27. The summed E-state index contributed by atoms with van der Waals surface area (Å²) in [7, 11) is 0. The molecule has 0 fully saturated rings. The number of fused-ring (bicyclic) bond motifs is 1. The van der Waals surface area contributed by atoms with Gasteiger partial charge < -0.3 is 0 Å². The normalized spacial score (nSPS) is 24.0. The van der Waals surface area contributed by atoms with Gasteiger partial charge in [0, 0.05) is 0 Å². The minimum Gasteiger partial charge on any atom is -0.152 e. The van der Waals surface area contributed by atoms with Crippen LogP contribution in [0.2, 0.25) is 0 Å². The van der Waals surface area contributed by atoms with E-state index in [1.54, 1.807) is 11.1 Å². The van der Waals surface area contributed by atoms with Gasteiger partial charge in [-0.15, -0.1) is 0 Å². The van der Waals surface area contributed by atoms with Crippen molar-refractivity contribution in [1.82, 2.24) is 0 Å². The lowest BCUT2D eigenvalue weighted by atomic mass is 9.82. The number of rotatable bonds is 0. The van der Waals surface area contributed by atoms with E-state index in [0.717, 1.165) is 0 Å². The molecule has 0 bridgehead atoms. The van der Waals surface area contributed by atoms with E-state index in [1.165, 1.54) is 6.42 Å². The maximum absolute atomic E-state index is 2.35. The summed E-state index contributed by atoms with van der Waals surface area (Å²) in [4.78, 5) is 0. The molecule has 2 rings (SSSR count). The molecule has 12 heavy (non-hydrogen) atoms. The molecule has 0 N–H and O–H groups in total. The Morgan fingerprint density at radius 2 is 1.42 bits per heavy atom. The molecule has 1 aromatic rings. The SMILES string of the molecule is CC1(C)CC(C)(C)c2cscc21. The first-order chi connectivity index (χ1) is 5.43. The molecule has 0 amide bonds. The minimum absolute atomic E-state index is 0.402. The van der Waals surface area contributed by atoms with Gasteiger partial charge >= 0.3 is 0 Å². The van der Waals surface area contributed by atoms with Crippen LogP contribution in [0.25, 0.3) is 0 Å². The lowest BCUT2D eigenvalue weighted by molar-refractivity contribution is 0.403. The zero-order chi connectivity index (χ0) is 8.98. The van der Waals surface area contributed by atoms with Crippen molar-refractivity contribution in [3.63, 3.8) is 0 Å². The van der Waals surface area contributed by atoms with E-state index in [4.69, 9.17) is 0 Å². The fourth-order valence-electron chi connectivity index (χ4n) is 2.64. The fraction of sp³-hybridized carbons (Fsp3) is 0.636. The largest absolute Gasteiger partial charge is 0.152 e. The Kier molecular flexibility index (Phi) is 1.48. The van der Waals surface area contributed by atoms with Crippen molar-refractivity contribution in [3.05, 3.63) is 21.9 Å². The predicted molar refractivity (Wildman–Crippen MR) is 55.0 cm³/mol. The summed E-state index contributed by atoms with van der Waals surface area (Å²) in [6, 6.07) is 0. The predicted octanol–water partition coefficient (Wildman–Crippen LogP) is 3.71. The van der Waals surface area contributed by atoms with Crippen LogP contribution in [-0.4, -0.2) is 0 Å². The summed E-state index contributed by atoms with van der Waals surface area (Å²) in [6.07, 6.45) is 1.29. The fourth-order valence-corrected chi connectivity index (χ4v) is 3.87. The second kappa shape index (κ2) is 2.14. The number of hydrogen-bond donors (Lipinski definition) is 0. The molecule has 0 nitrogen and oxygen atoms in total. The summed E-state index contributed by atoms with van der Waals surface area (Å²) in [5.74, 6) is 0. The Morgan fingerprint density at radius 3 is 1.83 bits per heavy atom. The average molecular weight is 180 g/mol. The lowest BCUT2D eigenvalue weighted by Crippen LogP contribution is -2.18.